The number of aromatic nitrogens is 1. The summed E-state index contributed by atoms with van der Waals surface area (Å²) in [7, 11) is 0. The fourth-order valence-corrected chi connectivity index (χ4v) is 9.34. The van der Waals surface area contributed by atoms with Crippen LogP contribution >= 0.6 is 22.7 Å². The first-order valence-electron chi connectivity index (χ1n) is 14.2. The Hall–Kier alpha value is -4.90. The lowest BCUT2D eigenvalue weighted by molar-refractivity contribution is 1.33. The number of anilines is 3. The average molecular weight is 571 g/mol. The van der Waals surface area contributed by atoms with Gasteiger partial charge in [0.2, 0.25) is 0 Å². The molecule has 2 nitrogen and oxygen atoms in total. The highest BCUT2D eigenvalue weighted by Crippen LogP contribution is 2.50. The predicted octanol–water partition coefficient (Wildman–Crippen LogP) is 12.1. The van der Waals surface area contributed by atoms with Gasteiger partial charge in [-0.15, -0.1) is 22.7 Å². The molecule has 3 aromatic heterocycles. The molecule has 0 fully saturated rings. The molecule has 0 aliphatic carbocycles. The Bertz CT molecular complexity index is 2540. The zero-order valence-corrected chi connectivity index (χ0v) is 24.0. The standard InChI is InChI=1S/C38H22N2S2/c1-3-16-33-25(9-1)27-11-6-14-31(37(27)41-33)40(32-15-7-12-28-26-10-2-4-17-34(26)42-38(28)32)24-20-23-19-18-22-8-5-13-29-35(22)36(23)30(21-24)39-29/h1-21,39H. The molecule has 0 radical (unpaired) electrons. The number of thiophene rings is 2. The van der Waals surface area contributed by atoms with Crippen molar-refractivity contribution in [2.24, 2.45) is 0 Å². The Balaban J connectivity index is 1.34. The second-order valence-corrected chi connectivity index (χ2v) is 13.1. The Morgan fingerprint density at radius 3 is 1.71 bits per heavy atom. The summed E-state index contributed by atoms with van der Waals surface area (Å²) in [5.41, 5.74) is 5.94. The van der Waals surface area contributed by atoms with E-state index in [0.717, 1.165) is 5.69 Å². The lowest BCUT2D eigenvalue weighted by atomic mass is 10.0. The summed E-state index contributed by atoms with van der Waals surface area (Å²) in [5, 5.41) is 10.4. The summed E-state index contributed by atoms with van der Waals surface area (Å²) in [6, 6.07) is 46.9. The molecule has 0 saturated carbocycles. The second kappa shape index (κ2) is 8.32. The van der Waals surface area contributed by atoms with Crippen LogP contribution in [0.15, 0.2) is 127 Å². The van der Waals surface area contributed by atoms with Crippen LogP contribution in [-0.4, -0.2) is 4.98 Å². The first-order valence-corrected chi connectivity index (χ1v) is 15.8. The minimum atomic E-state index is 1.16. The van der Waals surface area contributed by atoms with Crippen LogP contribution in [0.3, 0.4) is 0 Å². The van der Waals surface area contributed by atoms with Crippen molar-refractivity contribution in [2.45, 2.75) is 0 Å². The van der Waals surface area contributed by atoms with Crippen molar-refractivity contribution in [2.75, 3.05) is 4.90 Å². The summed E-state index contributed by atoms with van der Waals surface area (Å²) < 4.78 is 5.24. The van der Waals surface area contributed by atoms with E-state index in [1.165, 1.54) is 84.3 Å². The minimum Gasteiger partial charge on any atom is -0.354 e. The fourth-order valence-electron chi connectivity index (χ4n) is 6.93. The summed E-state index contributed by atoms with van der Waals surface area (Å²) in [6.45, 7) is 0. The molecule has 42 heavy (non-hydrogen) atoms. The van der Waals surface area contributed by atoms with Gasteiger partial charge in [-0.1, -0.05) is 84.9 Å². The molecule has 0 amide bonds. The number of hydrogen-bond acceptors (Lipinski definition) is 3. The van der Waals surface area contributed by atoms with Crippen molar-refractivity contribution in [1.29, 1.82) is 0 Å². The van der Waals surface area contributed by atoms with Crippen molar-refractivity contribution in [3.05, 3.63) is 127 Å². The van der Waals surface area contributed by atoms with Gasteiger partial charge in [0.1, 0.15) is 0 Å². The van der Waals surface area contributed by atoms with Gasteiger partial charge >= 0.3 is 0 Å². The third-order valence-electron chi connectivity index (χ3n) is 8.72. The average Bonchev–Trinajstić information content (AvgIpc) is 3.72. The molecule has 196 valence electrons. The molecule has 10 rings (SSSR count). The maximum absolute atomic E-state index is 3.75. The van der Waals surface area contributed by atoms with Gasteiger partial charge in [0, 0.05) is 58.4 Å². The van der Waals surface area contributed by atoms with Gasteiger partial charge in [0.15, 0.2) is 0 Å². The normalized spacial score (nSPS) is 12.3. The lowest BCUT2D eigenvalue weighted by Gasteiger charge is -2.27. The molecule has 10 aromatic rings. The predicted molar refractivity (Wildman–Crippen MR) is 185 cm³/mol. The number of H-pyrrole nitrogens is 1. The number of rotatable bonds is 3. The van der Waals surface area contributed by atoms with Crippen molar-refractivity contribution in [1.82, 2.24) is 4.98 Å². The Morgan fingerprint density at radius 1 is 0.452 bits per heavy atom. The number of nitrogens with zero attached hydrogens (tertiary/aromatic N) is 1. The molecular weight excluding hydrogens is 549 g/mol. The van der Waals surface area contributed by atoms with E-state index in [-0.39, 0.29) is 0 Å². The van der Waals surface area contributed by atoms with Gasteiger partial charge in [-0.05, 0) is 53.2 Å². The topological polar surface area (TPSA) is 19.0 Å². The third-order valence-corrected chi connectivity index (χ3v) is 11.1. The highest BCUT2D eigenvalue weighted by atomic mass is 32.1. The number of benzene rings is 7. The maximum atomic E-state index is 3.75. The van der Waals surface area contributed by atoms with Crippen molar-refractivity contribution < 1.29 is 0 Å². The van der Waals surface area contributed by atoms with E-state index >= 15 is 0 Å². The van der Waals surface area contributed by atoms with E-state index in [2.05, 4.69) is 137 Å². The van der Waals surface area contributed by atoms with Gasteiger partial charge in [0.25, 0.3) is 0 Å². The highest BCUT2D eigenvalue weighted by Gasteiger charge is 2.23. The number of hydrogen-bond donors (Lipinski definition) is 1. The van der Waals surface area contributed by atoms with Crippen LogP contribution in [0, 0.1) is 0 Å². The molecule has 4 heteroatoms. The van der Waals surface area contributed by atoms with E-state index in [9.17, 15) is 0 Å². The van der Waals surface area contributed by atoms with E-state index < -0.39 is 0 Å². The molecule has 0 bridgehead atoms. The maximum Gasteiger partial charge on any atom is 0.0640 e. The van der Waals surface area contributed by atoms with E-state index in [4.69, 9.17) is 0 Å². The Morgan fingerprint density at radius 2 is 1.02 bits per heavy atom. The largest absolute Gasteiger partial charge is 0.354 e. The zero-order valence-electron chi connectivity index (χ0n) is 22.4. The molecule has 0 spiro atoms. The summed E-state index contributed by atoms with van der Waals surface area (Å²) in [5.74, 6) is 0. The van der Waals surface area contributed by atoms with Crippen LogP contribution in [0.4, 0.5) is 17.1 Å². The molecular formula is C38H22N2S2. The first kappa shape index (κ1) is 22.8. The van der Waals surface area contributed by atoms with Gasteiger partial charge in [-0.3, -0.25) is 0 Å². The van der Waals surface area contributed by atoms with Gasteiger partial charge < -0.3 is 9.88 Å². The number of aromatic amines is 1. The molecule has 7 aromatic carbocycles. The summed E-state index contributed by atoms with van der Waals surface area (Å²) >= 11 is 3.77. The highest BCUT2D eigenvalue weighted by molar-refractivity contribution is 7.27. The summed E-state index contributed by atoms with van der Waals surface area (Å²) in [6.07, 6.45) is 0. The van der Waals surface area contributed by atoms with Crippen molar-refractivity contribution >= 4 is 113 Å². The van der Waals surface area contributed by atoms with Crippen LogP contribution in [-0.2, 0) is 0 Å². The molecule has 1 N–H and O–H groups in total. The third kappa shape index (κ3) is 3.03. The quantitative estimate of drug-likeness (QED) is 0.209. The van der Waals surface area contributed by atoms with Gasteiger partial charge in [-0.2, -0.15) is 0 Å². The molecule has 3 heterocycles. The summed E-state index contributed by atoms with van der Waals surface area (Å²) in [4.78, 5) is 6.25. The fraction of sp³-hybridized carbons (Fsp3) is 0. The van der Waals surface area contributed by atoms with Gasteiger partial charge in [0.05, 0.1) is 20.8 Å². The van der Waals surface area contributed by atoms with Crippen LogP contribution in [0.5, 0.6) is 0 Å². The van der Waals surface area contributed by atoms with Crippen molar-refractivity contribution in [3.8, 4) is 0 Å². The molecule has 0 atom stereocenters. The molecule has 0 aliphatic heterocycles. The van der Waals surface area contributed by atoms with E-state index in [1.54, 1.807) is 0 Å². The van der Waals surface area contributed by atoms with Crippen LogP contribution in [0.25, 0.3) is 72.9 Å². The van der Waals surface area contributed by atoms with Crippen molar-refractivity contribution in [3.63, 3.8) is 0 Å². The number of nitrogens with one attached hydrogen (secondary N) is 1. The van der Waals surface area contributed by atoms with Crippen LogP contribution in [0.2, 0.25) is 0 Å². The Kier molecular flexibility index (Phi) is 4.51. The first-order chi connectivity index (χ1) is 20.8. The SMILES string of the molecule is c1cc2ccc3cc(N(c4cccc5c4sc4ccccc45)c4cccc5c4sc4ccccc45)cc4[nH]c(c1)c2c34. The molecule has 0 aliphatic rings. The smallest absolute Gasteiger partial charge is 0.0640 e. The monoisotopic (exact) mass is 570 g/mol. The van der Waals surface area contributed by atoms with Crippen LogP contribution < -0.4 is 4.90 Å². The Labute approximate surface area is 249 Å². The number of fused-ring (bicyclic) bond motifs is 6. The van der Waals surface area contributed by atoms with Gasteiger partial charge in [-0.25, -0.2) is 0 Å². The zero-order chi connectivity index (χ0) is 27.4. The molecule has 0 unspecified atom stereocenters. The van der Waals surface area contributed by atoms with E-state index in [1.807, 2.05) is 22.7 Å². The lowest BCUT2D eigenvalue weighted by Crippen LogP contribution is -2.10. The van der Waals surface area contributed by atoms with Crippen LogP contribution in [0.1, 0.15) is 0 Å². The van der Waals surface area contributed by atoms with E-state index in [0.29, 0.717) is 0 Å². The minimum absolute atomic E-state index is 1.16. The molecule has 0 saturated heterocycles. The second-order valence-electron chi connectivity index (χ2n) is 11.0.